The van der Waals surface area contributed by atoms with Crippen molar-refractivity contribution in [2.45, 2.75) is 32.9 Å². The van der Waals surface area contributed by atoms with Gasteiger partial charge in [-0.25, -0.2) is 4.98 Å². The van der Waals surface area contributed by atoms with Crippen LogP contribution in [0.5, 0.6) is 0 Å². The summed E-state index contributed by atoms with van der Waals surface area (Å²) in [6, 6.07) is 18.0. The van der Waals surface area contributed by atoms with Gasteiger partial charge in [-0.05, 0) is 45.0 Å². The van der Waals surface area contributed by atoms with Crippen LogP contribution in [0.1, 0.15) is 25.2 Å². The molecule has 0 unspecified atom stereocenters. The first-order valence-corrected chi connectivity index (χ1v) is 11.2. The number of piperazine rings is 1. The molecule has 1 aliphatic heterocycles. The van der Waals surface area contributed by atoms with E-state index in [-0.39, 0.29) is 17.6 Å². The molecule has 3 aromatic heterocycles. The second-order valence-corrected chi connectivity index (χ2v) is 8.91. The zero-order chi connectivity index (χ0) is 23.3. The van der Waals surface area contributed by atoms with Gasteiger partial charge in [-0.3, -0.25) is 9.78 Å². The van der Waals surface area contributed by atoms with E-state index in [0.29, 0.717) is 11.2 Å². The van der Waals surface area contributed by atoms with Crippen molar-refractivity contribution in [1.29, 1.82) is 5.26 Å². The quantitative estimate of drug-likeness (QED) is 0.474. The predicted octanol–water partition coefficient (Wildman–Crippen LogP) is 3.77. The number of fused-ring (bicyclic) bond motifs is 2. The highest BCUT2D eigenvalue weighted by molar-refractivity contribution is 5.92. The van der Waals surface area contributed by atoms with E-state index in [1.165, 1.54) is 0 Å². The fourth-order valence-electron chi connectivity index (χ4n) is 4.85. The molecule has 5 rings (SSSR count). The minimum absolute atomic E-state index is 0.0833. The zero-order valence-electron chi connectivity index (χ0n) is 19.3. The molecule has 0 radical (unpaired) electrons. The van der Waals surface area contributed by atoms with Crippen molar-refractivity contribution in [2.24, 2.45) is 7.05 Å². The van der Waals surface area contributed by atoms with E-state index in [9.17, 15) is 10.1 Å². The summed E-state index contributed by atoms with van der Waals surface area (Å²) >= 11 is 0. The SMILES string of the molecule is Cc1ccc2cccc(N3C[C@H](C)N(c4cc(=O)n(C)c5ccc(C#N)nc45)C[C@@H]3C)c2n1. The molecule has 166 valence electrons. The molecular formula is C26H26N6O. The highest BCUT2D eigenvalue weighted by atomic mass is 16.1. The van der Waals surface area contributed by atoms with Gasteiger partial charge in [0.2, 0.25) is 0 Å². The third kappa shape index (κ3) is 3.48. The maximum Gasteiger partial charge on any atom is 0.252 e. The number of rotatable bonds is 2. The first kappa shape index (κ1) is 21.0. The summed E-state index contributed by atoms with van der Waals surface area (Å²) in [6.07, 6.45) is 0. The van der Waals surface area contributed by atoms with Gasteiger partial charge in [0.05, 0.1) is 22.4 Å². The first-order valence-electron chi connectivity index (χ1n) is 11.2. The van der Waals surface area contributed by atoms with Crippen LogP contribution in [0.15, 0.2) is 53.3 Å². The lowest BCUT2D eigenvalue weighted by molar-refractivity contribution is 0.482. The standard InChI is InChI=1S/C26H26N6O/c1-16-8-9-19-6-5-7-22(25(19)28-16)31-14-18(3)32(15-17(31)2)23-12-24(33)30(4)21-11-10-20(13-27)29-26(21)23/h5-12,17-18H,14-15H2,1-4H3/t17-,18-/m0/s1. The number of anilines is 2. The third-order valence-electron chi connectivity index (χ3n) is 6.63. The fourth-order valence-corrected chi connectivity index (χ4v) is 4.85. The molecule has 2 atom stereocenters. The van der Waals surface area contributed by atoms with Gasteiger partial charge in [0.1, 0.15) is 17.3 Å². The lowest BCUT2D eigenvalue weighted by atomic mass is 10.0. The van der Waals surface area contributed by atoms with Crippen LogP contribution < -0.4 is 15.4 Å². The molecule has 0 spiro atoms. The second kappa shape index (κ2) is 7.89. The Labute approximate surface area is 192 Å². The molecule has 1 saturated heterocycles. The van der Waals surface area contributed by atoms with Gasteiger partial charge in [-0.2, -0.15) is 5.26 Å². The summed E-state index contributed by atoms with van der Waals surface area (Å²) in [5, 5.41) is 10.5. The van der Waals surface area contributed by atoms with Crippen LogP contribution in [-0.4, -0.2) is 39.7 Å². The van der Waals surface area contributed by atoms with Crippen molar-refractivity contribution < 1.29 is 0 Å². The molecule has 0 amide bonds. The van der Waals surface area contributed by atoms with Crippen LogP contribution in [-0.2, 0) is 7.05 Å². The Hall–Kier alpha value is -3.92. The van der Waals surface area contributed by atoms with Crippen LogP contribution in [0.2, 0.25) is 0 Å². The molecular weight excluding hydrogens is 412 g/mol. The molecule has 7 nitrogen and oxygen atoms in total. The van der Waals surface area contributed by atoms with E-state index in [2.05, 4.69) is 59.0 Å². The zero-order valence-corrected chi connectivity index (χ0v) is 19.3. The van der Waals surface area contributed by atoms with E-state index < -0.39 is 0 Å². The molecule has 1 aromatic carbocycles. The van der Waals surface area contributed by atoms with Gasteiger partial charge in [-0.15, -0.1) is 0 Å². The molecule has 4 aromatic rings. The Morgan fingerprint density at radius 2 is 1.67 bits per heavy atom. The number of pyridine rings is 3. The van der Waals surface area contributed by atoms with Gasteiger partial charge >= 0.3 is 0 Å². The summed E-state index contributed by atoms with van der Waals surface area (Å²) in [7, 11) is 1.74. The van der Waals surface area contributed by atoms with Gasteiger partial charge < -0.3 is 14.4 Å². The van der Waals surface area contributed by atoms with Crippen LogP contribution in [0.3, 0.4) is 0 Å². The van der Waals surface area contributed by atoms with Crippen molar-refractivity contribution in [2.75, 3.05) is 22.9 Å². The van der Waals surface area contributed by atoms with Crippen LogP contribution in [0.25, 0.3) is 21.9 Å². The molecule has 0 saturated carbocycles. The number of hydrogen-bond donors (Lipinski definition) is 0. The van der Waals surface area contributed by atoms with Gasteiger partial charge in [-0.1, -0.05) is 18.2 Å². The van der Waals surface area contributed by atoms with Gasteiger partial charge in [0.15, 0.2) is 0 Å². The Morgan fingerprint density at radius 1 is 0.939 bits per heavy atom. The monoisotopic (exact) mass is 438 g/mol. The highest BCUT2D eigenvalue weighted by Gasteiger charge is 2.32. The summed E-state index contributed by atoms with van der Waals surface area (Å²) in [6.45, 7) is 7.89. The number of para-hydroxylation sites is 1. The van der Waals surface area contributed by atoms with Gasteiger partial charge in [0, 0.05) is 49.4 Å². The third-order valence-corrected chi connectivity index (χ3v) is 6.63. The highest BCUT2D eigenvalue weighted by Crippen LogP contribution is 2.33. The van der Waals surface area contributed by atoms with E-state index in [0.717, 1.165) is 46.6 Å². The van der Waals surface area contributed by atoms with Crippen LogP contribution in [0, 0.1) is 18.3 Å². The molecule has 0 aliphatic carbocycles. The average Bonchev–Trinajstić information content (AvgIpc) is 2.82. The topological polar surface area (TPSA) is 78.0 Å². The summed E-state index contributed by atoms with van der Waals surface area (Å²) in [5.41, 5.74) is 5.62. The molecule has 7 heteroatoms. The van der Waals surface area contributed by atoms with Crippen molar-refractivity contribution in [3.8, 4) is 6.07 Å². The summed E-state index contributed by atoms with van der Waals surface area (Å²) in [4.78, 5) is 26.8. The Morgan fingerprint density at radius 3 is 2.39 bits per heavy atom. The lowest BCUT2D eigenvalue weighted by Gasteiger charge is -2.46. The smallest absolute Gasteiger partial charge is 0.252 e. The maximum absolute atomic E-state index is 12.7. The molecule has 1 fully saturated rings. The van der Waals surface area contributed by atoms with Crippen molar-refractivity contribution >= 4 is 33.3 Å². The second-order valence-electron chi connectivity index (χ2n) is 8.91. The van der Waals surface area contributed by atoms with Crippen molar-refractivity contribution in [3.63, 3.8) is 0 Å². The average molecular weight is 439 g/mol. The number of aryl methyl sites for hydroxylation is 2. The maximum atomic E-state index is 12.7. The number of hydrogen-bond acceptors (Lipinski definition) is 6. The van der Waals surface area contributed by atoms with Gasteiger partial charge in [0.25, 0.3) is 5.56 Å². The normalized spacial score (nSPS) is 18.6. The largest absolute Gasteiger partial charge is 0.363 e. The molecule has 0 N–H and O–H groups in total. The molecule has 0 bridgehead atoms. The lowest BCUT2D eigenvalue weighted by Crippen LogP contribution is -2.57. The number of nitrogens with zero attached hydrogens (tertiary/aromatic N) is 6. The predicted molar refractivity (Wildman–Crippen MR) is 132 cm³/mol. The molecule has 33 heavy (non-hydrogen) atoms. The van der Waals surface area contributed by atoms with E-state index in [1.807, 2.05) is 13.0 Å². The number of aromatic nitrogens is 3. The van der Waals surface area contributed by atoms with E-state index >= 15 is 0 Å². The summed E-state index contributed by atoms with van der Waals surface area (Å²) in [5.74, 6) is 0. The van der Waals surface area contributed by atoms with E-state index in [4.69, 9.17) is 4.98 Å². The minimum Gasteiger partial charge on any atom is -0.363 e. The van der Waals surface area contributed by atoms with Crippen LogP contribution in [0.4, 0.5) is 11.4 Å². The fraction of sp³-hybridized carbons (Fsp3) is 0.308. The summed E-state index contributed by atoms with van der Waals surface area (Å²) < 4.78 is 1.58. The van der Waals surface area contributed by atoms with Crippen LogP contribution >= 0.6 is 0 Å². The molecule has 1 aliphatic rings. The first-order chi connectivity index (χ1) is 15.9. The number of nitriles is 1. The Kier molecular flexibility index (Phi) is 5.01. The minimum atomic E-state index is -0.0833. The van der Waals surface area contributed by atoms with Crippen molar-refractivity contribution in [3.05, 3.63) is 70.3 Å². The number of benzene rings is 1. The Balaban J connectivity index is 1.57. The van der Waals surface area contributed by atoms with E-state index in [1.54, 1.807) is 29.8 Å². The van der Waals surface area contributed by atoms with Crippen molar-refractivity contribution in [1.82, 2.24) is 14.5 Å². The molecule has 4 heterocycles. The Bertz CT molecular complexity index is 1480.